The molecule has 1 aromatic carbocycles. The van der Waals surface area contributed by atoms with E-state index in [9.17, 15) is 8.42 Å². The molecule has 0 fully saturated rings. The lowest BCUT2D eigenvalue weighted by molar-refractivity contribution is 0.594. The van der Waals surface area contributed by atoms with Crippen molar-refractivity contribution in [2.75, 3.05) is 0 Å². The van der Waals surface area contributed by atoms with Crippen LogP contribution < -0.4 is 0 Å². The number of sulfone groups is 1. The van der Waals surface area contributed by atoms with Gasteiger partial charge in [-0.25, -0.2) is 8.42 Å². The number of nitrogens with zero attached hydrogens (tertiary/aromatic N) is 2. The molecule has 18 heavy (non-hydrogen) atoms. The van der Waals surface area contributed by atoms with E-state index >= 15 is 0 Å². The van der Waals surface area contributed by atoms with Gasteiger partial charge in [0.1, 0.15) is 4.90 Å². The summed E-state index contributed by atoms with van der Waals surface area (Å²) in [6, 6.07) is 7.96. The molecule has 0 amide bonds. The zero-order valence-corrected chi connectivity index (χ0v) is 11.6. The first kappa shape index (κ1) is 13.3. The van der Waals surface area contributed by atoms with Gasteiger partial charge < -0.3 is 0 Å². The Morgan fingerprint density at radius 1 is 1.00 bits per heavy atom. The van der Waals surface area contributed by atoms with Crippen LogP contribution in [0.1, 0.15) is 5.56 Å². The second-order valence-electron chi connectivity index (χ2n) is 3.55. The predicted octanol–water partition coefficient (Wildman–Crippen LogP) is 2.92. The third kappa shape index (κ3) is 2.21. The van der Waals surface area contributed by atoms with Crippen molar-refractivity contribution in [3.05, 3.63) is 46.2 Å². The number of halogens is 2. The first-order valence-corrected chi connectivity index (χ1v) is 7.17. The largest absolute Gasteiger partial charge is 0.218 e. The van der Waals surface area contributed by atoms with E-state index in [0.29, 0.717) is 5.56 Å². The van der Waals surface area contributed by atoms with Crippen LogP contribution in [-0.2, 0) is 9.84 Å². The molecule has 0 aliphatic heterocycles. The van der Waals surface area contributed by atoms with Gasteiger partial charge in [-0.2, -0.15) is 0 Å². The molecule has 0 atom stereocenters. The van der Waals surface area contributed by atoms with Crippen LogP contribution in [0.5, 0.6) is 0 Å². The van der Waals surface area contributed by atoms with Crippen LogP contribution in [0.4, 0.5) is 0 Å². The molecule has 0 saturated carbocycles. The van der Waals surface area contributed by atoms with E-state index in [1.54, 1.807) is 25.1 Å². The van der Waals surface area contributed by atoms with Crippen molar-refractivity contribution in [3.8, 4) is 0 Å². The second-order valence-corrected chi connectivity index (χ2v) is 6.15. The molecule has 0 radical (unpaired) electrons. The number of benzene rings is 1. The molecular formula is C11H8Cl2N2O2S. The van der Waals surface area contributed by atoms with Crippen molar-refractivity contribution in [1.29, 1.82) is 0 Å². The maximum absolute atomic E-state index is 12.4. The monoisotopic (exact) mass is 302 g/mol. The fraction of sp³-hybridized carbons (Fsp3) is 0.0909. The van der Waals surface area contributed by atoms with Gasteiger partial charge in [-0.3, -0.25) is 0 Å². The molecule has 0 spiro atoms. The maximum atomic E-state index is 12.4. The van der Waals surface area contributed by atoms with Crippen LogP contribution in [0, 0.1) is 6.92 Å². The SMILES string of the molecule is Cc1c(Cl)nnc(Cl)c1S(=O)(=O)c1ccccc1. The summed E-state index contributed by atoms with van der Waals surface area (Å²) >= 11 is 11.6. The van der Waals surface area contributed by atoms with Crippen LogP contribution in [-0.4, -0.2) is 18.6 Å². The Hall–Kier alpha value is -1.17. The number of hydrogen-bond acceptors (Lipinski definition) is 4. The van der Waals surface area contributed by atoms with Crippen LogP contribution in [0.15, 0.2) is 40.1 Å². The lowest BCUT2D eigenvalue weighted by Gasteiger charge is -2.09. The molecule has 0 bridgehead atoms. The van der Waals surface area contributed by atoms with Gasteiger partial charge in [0.05, 0.1) is 4.90 Å². The zero-order valence-electron chi connectivity index (χ0n) is 9.26. The van der Waals surface area contributed by atoms with Gasteiger partial charge in [0, 0.05) is 5.56 Å². The highest BCUT2D eigenvalue weighted by atomic mass is 35.5. The highest BCUT2D eigenvalue weighted by molar-refractivity contribution is 7.91. The molecule has 94 valence electrons. The van der Waals surface area contributed by atoms with E-state index in [1.165, 1.54) is 12.1 Å². The van der Waals surface area contributed by atoms with Crippen molar-refractivity contribution in [2.24, 2.45) is 0 Å². The molecule has 0 aliphatic rings. The van der Waals surface area contributed by atoms with Gasteiger partial charge in [0.25, 0.3) is 0 Å². The summed E-state index contributed by atoms with van der Waals surface area (Å²) in [7, 11) is -3.74. The molecule has 4 nitrogen and oxygen atoms in total. The molecule has 0 N–H and O–H groups in total. The van der Waals surface area contributed by atoms with Gasteiger partial charge in [0.15, 0.2) is 10.3 Å². The summed E-state index contributed by atoms with van der Waals surface area (Å²) < 4.78 is 24.8. The standard InChI is InChI=1S/C11H8Cl2N2O2S/c1-7-9(11(13)15-14-10(7)12)18(16,17)8-5-3-2-4-6-8/h2-6H,1H3. The fourth-order valence-electron chi connectivity index (χ4n) is 1.49. The Labute approximate surface area is 114 Å². The highest BCUT2D eigenvalue weighted by Crippen LogP contribution is 2.31. The molecule has 0 unspecified atom stereocenters. The number of hydrogen-bond donors (Lipinski definition) is 0. The summed E-state index contributed by atoms with van der Waals surface area (Å²) in [6.45, 7) is 1.54. The summed E-state index contributed by atoms with van der Waals surface area (Å²) in [5.74, 6) is 0. The number of rotatable bonds is 2. The highest BCUT2D eigenvalue weighted by Gasteiger charge is 2.25. The van der Waals surface area contributed by atoms with Gasteiger partial charge in [-0.05, 0) is 19.1 Å². The molecule has 7 heteroatoms. The Kier molecular flexibility index (Phi) is 3.56. The van der Waals surface area contributed by atoms with Gasteiger partial charge in [0.2, 0.25) is 9.84 Å². The van der Waals surface area contributed by atoms with E-state index in [1.807, 2.05) is 0 Å². The summed E-state index contributed by atoms with van der Waals surface area (Å²) in [5.41, 5.74) is 0.292. The van der Waals surface area contributed by atoms with Crippen LogP contribution in [0.2, 0.25) is 10.3 Å². The molecule has 0 saturated heterocycles. The van der Waals surface area contributed by atoms with Crippen molar-refractivity contribution in [1.82, 2.24) is 10.2 Å². The van der Waals surface area contributed by atoms with Crippen molar-refractivity contribution in [3.63, 3.8) is 0 Å². The van der Waals surface area contributed by atoms with E-state index in [0.717, 1.165) is 0 Å². The minimum atomic E-state index is -3.74. The van der Waals surface area contributed by atoms with Gasteiger partial charge in [-0.15, -0.1) is 10.2 Å². The van der Waals surface area contributed by atoms with Crippen LogP contribution in [0.3, 0.4) is 0 Å². The quantitative estimate of drug-likeness (QED) is 0.856. The van der Waals surface area contributed by atoms with Gasteiger partial charge >= 0.3 is 0 Å². The molecule has 1 aromatic heterocycles. The fourth-order valence-corrected chi connectivity index (χ4v) is 3.67. The zero-order chi connectivity index (χ0) is 13.3. The van der Waals surface area contributed by atoms with Crippen LogP contribution in [0.25, 0.3) is 0 Å². The summed E-state index contributed by atoms with van der Waals surface area (Å²) in [6.07, 6.45) is 0. The Balaban J connectivity index is 2.74. The molecular weight excluding hydrogens is 295 g/mol. The van der Waals surface area contributed by atoms with Crippen molar-refractivity contribution >= 4 is 33.0 Å². The predicted molar refractivity (Wildman–Crippen MR) is 68.7 cm³/mol. The van der Waals surface area contributed by atoms with E-state index in [-0.39, 0.29) is 20.1 Å². The third-order valence-corrected chi connectivity index (χ3v) is 5.05. The number of aromatic nitrogens is 2. The first-order valence-electron chi connectivity index (χ1n) is 4.93. The van der Waals surface area contributed by atoms with E-state index in [4.69, 9.17) is 23.2 Å². The second kappa shape index (κ2) is 4.84. The van der Waals surface area contributed by atoms with Crippen molar-refractivity contribution < 1.29 is 8.42 Å². The average molecular weight is 303 g/mol. The summed E-state index contributed by atoms with van der Waals surface area (Å²) in [4.78, 5) is 0.0365. The van der Waals surface area contributed by atoms with Crippen molar-refractivity contribution in [2.45, 2.75) is 16.7 Å². The maximum Gasteiger partial charge on any atom is 0.210 e. The average Bonchev–Trinajstić information content (AvgIpc) is 2.35. The normalized spacial score (nSPS) is 11.5. The van der Waals surface area contributed by atoms with Gasteiger partial charge in [-0.1, -0.05) is 41.4 Å². The van der Waals surface area contributed by atoms with E-state index < -0.39 is 9.84 Å². The molecule has 0 aliphatic carbocycles. The lowest BCUT2D eigenvalue weighted by Crippen LogP contribution is -2.07. The topological polar surface area (TPSA) is 59.9 Å². The van der Waals surface area contributed by atoms with E-state index in [2.05, 4.69) is 10.2 Å². The lowest BCUT2D eigenvalue weighted by atomic mass is 10.3. The molecule has 1 heterocycles. The first-order chi connectivity index (χ1) is 8.44. The summed E-state index contributed by atoms with van der Waals surface area (Å²) in [5, 5.41) is 6.94. The molecule has 2 aromatic rings. The Bertz CT molecular complexity index is 688. The molecule has 2 rings (SSSR count). The van der Waals surface area contributed by atoms with Crippen LogP contribution >= 0.6 is 23.2 Å². The third-order valence-electron chi connectivity index (χ3n) is 2.39. The Morgan fingerprint density at radius 3 is 2.17 bits per heavy atom. The minimum absolute atomic E-state index is 0.0221. The minimum Gasteiger partial charge on any atom is -0.218 e. The smallest absolute Gasteiger partial charge is 0.210 e. The Morgan fingerprint density at radius 2 is 1.56 bits per heavy atom.